The zero-order valence-corrected chi connectivity index (χ0v) is 11.9. The standard InChI is InChI=1S/C13H31N3/c1-6-10-16(13(2)3)12-9-14-8-7-11-15(4)5/h13-14H,6-12H2,1-5H3. The van der Waals surface area contributed by atoms with Gasteiger partial charge < -0.3 is 10.2 Å². The van der Waals surface area contributed by atoms with Gasteiger partial charge in [-0.2, -0.15) is 0 Å². The van der Waals surface area contributed by atoms with Gasteiger partial charge in [-0.05, 0) is 60.4 Å². The van der Waals surface area contributed by atoms with E-state index in [4.69, 9.17) is 0 Å². The number of nitrogens with zero attached hydrogens (tertiary/aromatic N) is 2. The van der Waals surface area contributed by atoms with Crippen LogP contribution in [0, 0.1) is 0 Å². The highest BCUT2D eigenvalue weighted by atomic mass is 15.2. The highest BCUT2D eigenvalue weighted by Gasteiger charge is 2.06. The van der Waals surface area contributed by atoms with Crippen molar-refractivity contribution in [1.82, 2.24) is 15.1 Å². The largest absolute Gasteiger partial charge is 0.315 e. The Morgan fingerprint density at radius 2 is 1.69 bits per heavy atom. The minimum atomic E-state index is 0.670. The Morgan fingerprint density at radius 3 is 2.19 bits per heavy atom. The van der Waals surface area contributed by atoms with Crippen molar-refractivity contribution in [1.29, 1.82) is 0 Å². The minimum absolute atomic E-state index is 0.670. The van der Waals surface area contributed by atoms with Crippen molar-refractivity contribution >= 4 is 0 Å². The maximum absolute atomic E-state index is 3.52. The molecule has 0 rings (SSSR count). The first kappa shape index (κ1) is 15.9. The first-order chi connectivity index (χ1) is 7.57. The predicted octanol–water partition coefficient (Wildman–Crippen LogP) is 1.65. The van der Waals surface area contributed by atoms with Crippen molar-refractivity contribution in [3.8, 4) is 0 Å². The summed E-state index contributed by atoms with van der Waals surface area (Å²) in [5.41, 5.74) is 0. The van der Waals surface area contributed by atoms with Crippen LogP contribution >= 0.6 is 0 Å². The van der Waals surface area contributed by atoms with Gasteiger partial charge in [0.25, 0.3) is 0 Å². The fraction of sp³-hybridized carbons (Fsp3) is 1.00. The van der Waals surface area contributed by atoms with E-state index in [1.54, 1.807) is 0 Å². The molecule has 0 aromatic carbocycles. The molecule has 0 amide bonds. The van der Waals surface area contributed by atoms with E-state index in [1.165, 1.54) is 32.5 Å². The topological polar surface area (TPSA) is 18.5 Å². The van der Waals surface area contributed by atoms with Gasteiger partial charge in [0.05, 0.1) is 0 Å². The summed E-state index contributed by atoms with van der Waals surface area (Å²) in [5.74, 6) is 0. The molecule has 0 aromatic rings. The van der Waals surface area contributed by atoms with E-state index < -0.39 is 0 Å². The Bertz CT molecular complexity index is 146. The first-order valence-electron chi connectivity index (χ1n) is 6.67. The van der Waals surface area contributed by atoms with Gasteiger partial charge in [0, 0.05) is 19.1 Å². The fourth-order valence-electron chi connectivity index (χ4n) is 1.78. The second kappa shape index (κ2) is 10.1. The Hall–Kier alpha value is -0.120. The molecule has 98 valence electrons. The summed E-state index contributed by atoms with van der Waals surface area (Å²) in [6.07, 6.45) is 2.49. The van der Waals surface area contributed by atoms with E-state index >= 15 is 0 Å². The molecule has 0 saturated heterocycles. The van der Waals surface area contributed by atoms with Crippen molar-refractivity contribution in [2.45, 2.75) is 39.7 Å². The zero-order chi connectivity index (χ0) is 12.4. The molecule has 0 atom stereocenters. The lowest BCUT2D eigenvalue weighted by Gasteiger charge is -2.26. The molecule has 0 heterocycles. The molecule has 3 nitrogen and oxygen atoms in total. The van der Waals surface area contributed by atoms with Crippen molar-refractivity contribution in [2.75, 3.05) is 46.8 Å². The molecule has 0 unspecified atom stereocenters. The second-order valence-corrected chi connectivity index (χ2v) is 5.04. The van der Waals surface area contributed by atoms with Gasteiger partial charge >= 0.3 is 0 Å². The van der Waals surface area contributed by atoms with E-state index in [0.717, 1.165) is 13.1 Å². The molecular weight excluding hydrogens is 198 g/mol. The summed E-state index contributed by atoms with van der Waals surface area (Å²) in [5, 5.41) is 3.52. The van der Waals surface area contributed by atoms with Gasteiger partial charge in [-0.1, -0.05) is 6.92 Å². The summed E-state index contributed by atoms with van der Waals surface area (Å²) in [6, 6.07) is 0.670. The van der Waals surface area contributed by atoms with Crippen LogP contribution in [-0.2, 0) is 0 Å². The maximum atomic E-state index is 3.52. The van der Waals surface area contributed by atoms with Gasteiger partial charge in [0.15, 0.2) is 0 Å². The molecule has 0 aliphatic heterocycles. The van der Waals surface area contributed by atoms with Crippen molar-refractivity contribution in [3.63, 3.8) is 0 Å². The normalized spacial score (nSPS) is 12.0. The van der Waals surface area contributed by atoms with Gasteiger partial charge in [-0.3, -0.25) is 4.90 Å². The van der Waals surface area contributed by atoms with Crippen molar-refractivity contribution < 1.29 is 0 Å². The molecule has 0 aromatic heterocycles. The molecule has 0 aliphatic carbocycles. The van der Waals surface area contributed by atoms with Gasteiger partial charge in [-0.25, -0.2) is 0 Å². The lowest BCUT2D eigenvalue weighted by Crippen LogP contribution is -2.37. The van der Waals surface area contributed by atoms with Crippen LogP contribution in [0.15, 0.2) is 0 Å². The summed E-state index contributed by atoms with van der Waals surface area (Å²) in [7, 11) is 4.25. The van der Waals surface area contributed by atoms with Crippen LogP contribution in [0.2, 0.25) is 0 Å². The smallest absolute Gasteiger partial charge is 0.0110 e. The van der Waals surface area contributed by atoms with Gasteiger partial charge in [0.1, 0.15) is 0 Å². The van der Waals surface area contributed by atoms with Crippen LogP contribution in [0.4, 0.5) is 0 Å². The number of hydrogen-bond donors (Lipinski definition) is 1. The van der Waals surface area contributed by atoms with Crippen LogP contribution in [0.1, 0.15) is 33.6 Å². The zero-order valence-electron chi connectivity index (χ0n) is 11.9. The van der Waals surface area contributed by atoms with Crippen molar-refractivity contribution in [3.05, 3.63) is 0 Å². The van der Waals surface area contributed by atoms with Crippen LogP contribution in [0.25, 0.3) is 0 Å². The van der Waals surface area contributed by atoms with E-state index in [-0.39, 0.29) is 0 Å². The van der Waals surface area contributed by atoms with Crippen LogP contribution in [-0.4, -0.2) is 62.7 Å². The summed E-state index contributed by atoms with van der Waals surface area (Å²) in [6.45, 7) is 12.6. The molecule has 0 aliphatic rings. The number of nitrogens with one attached hydrogen (secondary N) is 1. The molecule has 0 radical (unpaired) electrons. The molecule has 1 N–H and O–H groups in total. The highest BCUT2D eigenvalue weighted by molar-refractivity contribution is 4.63. The maximum Gasteiger partial charge on any atom is 0.0110 e. The average molecular weight is 229 g/mol. The molecular formula is C13H31N3. The Kier molecular flexibility index (Phi) is 9.99. The summed E-state index contributed by atoms with van der Waals surface area (Å²) < 4.78 is 0. The van der Waals surface area contributed by atoms with Crippen LogP contribution in [0.5, 0.6) is 0 Å². The Balaban J connectivity index is 3.40. The van der Waals surface area contributed by atoms with Crippen LogP contribution in [0.3, 0.4) is 0 Å². The first-order valence-corrected chi connectivity index (χ1v) is 6.67. The van der Waals surface area contributed by atoms with E-state index in [1.807, 2.05) is 0 Å². The van der Waals surface area contributed by atoms with E-state index in [2.05, 4.69) is 50.0 Å². The molecule has 0 bridgehead atoms. The molecule has 16 heavy (non-hydrogen) atoms. The monoisotopic (exact) mass is 229 g/mol. The number of rotatable bonds is 10. The third-order valence-electron chi connectivity index (χ3n) is 2.78. The lowest BCUT2D eigenvalue weighted by atomic mass is 10.3. The molecule has 3 heteroatoms. The molecule has 0 spiro atoms. The van der Waals surface area contributed by atoms with Gasteiger partial charge in [-0.15, -0.1) is 0 Å². The Morgan fingerprint density at radius 1 is 1.00 bits per heavy atom. The molecule has 0 fully saturated rings. The Labute approximate surface area is 102 Å². The third kappa shape index (κ3) is 9.13. The lowest BCUT2D eigenvalue weighted by molar-refractivity contribution is 0.222. The second-order valence-electron chi connectivity index (χ2n) is 5.04. The van der Waals surface area contributed by atoms with Crippen LogP contribution < -0.4 is 5.32 Å². The summed E-state index contributed by atoms with van der Waals surface area (Å²) in [4.78, 5) is 4.78. The SMILES string of the molecule is CCCN(CCNCCCN(C)C)C(C)C. The van der Waals surface area contributed by atoms with Gasteiger partial charge in [0.2, 0.25) is 0 Å². The van der Waals surface area contributed by atoms with E-state index in [9.17, 15) is 0 Å². The average Bonchev–Trinajstić information content (AvgIpc) is 2.20. The highest BCUT2D eigenvalue weighted by Crippen LogP contribution is 1.98. The quantitative estimate of drug-likeness (QED) is 0.575. The predicted molar refractivity (Wildman–Crippen MR) is 73.0 cm³/mol. The van der Waals surface area contributed by atoms with E-state index in [0.29, 0.717) is 6.04 Å². The number of hydrogen-bond acceptors (Lipinski definition) is 3. The summed E-state index contributed by atoms with van der Waals surface area (Å²) >= 11 is 0. The fourth-order valence-corrected chi connectivity index (χ4v) is 1.78. The van der Waals surface area contributed by atoms with Crippen molar-refractivity contribution in [2.24, 2.45) is 0 Å². The minimum Gasteiger partial charge on any atom is -0.315 e. The molecule has 0 saturated carbocycles. The third-order valence-corrected chi connectivity index (χ3v) is 2.78.